The van der Waals surface area contributed by atoms with E-state index in [9.17, 15) is 9.18 Å². The van der Waals surface area contributed by atoms with Gasteiger partial charge in [-0.25, -0.2) is 4.39 Å². The van der Waals surface area contributed by atoms with E-state index < -0.39 is 0 Å². The van der Waals surface area contributed by atoms with Crippen LogP contribution in [-0.2, 0) is 11.3 Å². The van der Waals surface area contributed by atoms with Gasteiger partial charge in [-0.3, -0.25) is 4.79 Å². The summed E-state index contributed by atoms with van der Waals surface area (Å²) in [7, 11) is 0. The van der Waals surface area contributed by atoms with Gasteiger partial charge in [0.25, 0.3) is 0 Å². The molecule has 2 aromatic rings. The van der Waals surface area contributed by atoms with Crippen molar-refractivity contribution in [3.05, 3.63) is 36.3 Å². The number of carbonyl (C=O) groups excluding carboxylic acids is 1. The highest BCUT2D eigenvalue weighted by atomic mass is 19.1. The average Bonchev–Trinajstić information content (AvgIpc) is 2.59. The van der Waals surface area contributed by atoms with Gasteiger partial charge in [-0.05, 0) is 24.3 Å². The van der Waals surface area contributed by atoms with E-state index in [-0.39, 0.29) is 17.0 Å². The minimum atomic E-state index is -0.351. The first-order chi connectivity index (χ1) is 7.88. The van der Waals surface area contributed by atoms with Crippen LogP contribution in [0, 0.1) is 11.2 Å². The molecule has 0 amide bonds. The molecule has 2 rings (SSSR count). The fourth-order valence-electron chi connectivity index (χ4n) is 1.70. The molecule has 0 aliphatic heterocycles. The van der Waals surface area contributed by atoms with E-state index in [1.54, 1.807) is 6.07 Å². The Morgan fingerprint density at radius 2 is 2.00 bits per heavy atom. The summed E-state index contributed by atoms with van der Waals surface area (Å²) in [5.74, 6) is -0.0864. The van der Waals surface area contributed by atoms with Crippen molar-refractivity contribution in [1.29, 1.82) is 0 Å². The maximum atomic E-state index is 13.0. The Hall–Kier alpha value is -1.64. The summed E-state index contributed by atoms with van der Waals surface area (Å²) in [5, 5.41) is 0.826. The quantitative estimate of drug-likeness (QED) is 0.779. The topological polar surface area (TPSA) is 22.0 Å². The van der Waals surface area contributed by atoms with E-state index in [1.807, 2.05) is 37.6 Å². The molecule has 0 saturated carbocycles. The zero-order valence-corrected chi connectivity index (χ0v) is 10.3. The van der Waals surface area contributed by atoms with Crippen LogP contribution in [0.15, 0.2) is 30.5 Å². The largest absolute Gasteiger partial charge is 0.340 e. The van der Waals surface area contributed by atoms with Gasteiger partial charge in [-0.15, -0.1) is 0 Å². The van der Waals surface area contributed by atoms with Crippen molar-refractivity contribution in [2.24, 2.45) is 5.41 Å². The third kappa shape index (κ3) is 2.38. The van der Waals surface area contributed by atoms with Crippen LogP contribution in [0.25, 0.3) is 10.9 Å². The zero-order chi connectivity index (χ0) is 12.6. The first kappa shape index (κ1) is 11.8. The van der Waals surface area contributed by atoms with Crippen LogP contribution in [0.4, 0.5) is 4.39 Å². The molecular formula is C14H16FNO. The van der Waals surface area contributed by atoms with Gasteiger partial charge in [0.15, 0.2) is 5.78 Å². The normalized spacial score (nSPS) is 12.0. The van der Waals surface area contributed by atoms with Gasteiger partial charge < -0.3 is 4.57 Å². The summed E-state index contributed by atoms with van der Waals surface area (Å²) in [6.45, 7) is 6.04. The van der Waals surface area contributed by atoms with Crippen LogP contribution in [0.5, 0.6) is 0 Å². The molecule has 0 atom stereocenters. The van der Waals surface area contributed by atoms with Gasteiger partial charge in [-0.2, -0.15) is 0 Å². The highest BCUT2D eigenvalue weighted by molar-refractivity contribution is 5.86. The van der Waals surface area contributed by atoms with Gasteiger partial charge in [-0.1, -0.05) is 20.8 Å². The molecular weight excluding hydrogens is 217 g/mol. The lowest BCUT2D eigenvalue weighted by atomic mass is 9.91. The number of benzene rings is 1. The molecule has 0 spiro atoms. The summed E-state index contributed by atoms with van der Waals surface area (Å²) >= 11 is 0. The summed E-state index contributed by atoms with van der Waals surface area (Å²) in [6.07, 6.45) is 1.83. The molecule has 0 N–H and O–H groups in total. The Labute approximate surface area is 100 Å². The molecule has 0 radical (unpaired) electrons. The van der Waals surface area contributed by atoms with Crippen LogP contribution in [0.3, 0.4) is 0 Å². The lowest BCUT2D eigenvalue weighted by molar-refractivity contribution is -0.126. The zero-order valence-electron chi connectivity index (χ0n) is 10.3. The Bertz CT molecular complexity index is 563. The Morgan fingerprint density at radius 3 is 2.65 bits per heavy atom. The number of Topliss-reactive ketones (excluding diaryl/α,β-unsaturated/α-hetero) is 1. The van der Waals surface area contributed by atoms with Crippen molar-refractivity contribution in [1.82, 2.24) is 4.57 Å². The number of hydrogen-bond donors (Lipinski definition) is 0. The van der Waals surface area contributed by atoms with E-state index in [4.69, 9.17) is 0 Å². The first-order valence-corrected chi connectivity index (χ1v) is 5.65. The predicted molar refractivity (Wildman–Crippen MR) is 66.4 cm³/mol. The number of ketones is 1. The molecule has 0 saturated heterocycles. The number of fused-ring (bicyclic) bond motifs is 1. The van der Waals surface area contributed by atoms with Crippen molar-refractivity contribution in [3.63, 3.8) is 0 Å². The van der Waals surface area contributed by atoms with Gasteiger partial charge in [0.05, 0.1) is 6.54 Å². The third-order valence-corrected chi connectivity index (χ3v) is 2.88. The highest BCUT2D eigenvalue weighted by Crippen LogP contribution is 2.20. The minimum Gasteiger partial charge on any atom is -0.340 e. The highest BCUT2D eigenvalue weighted by Gasteiger charge is 2.21. The van der Waals surface area contributed by atoms with E-state index in [1.165, 1.54) is 12.1 Å². The summed E-state index contributed by atoms with van der Waals surface area (Å²) in [5.41, 5.74) is 0.542. The number of nitrogens with zero attached hydrogens (tertiary/aromatic N) is 1. The molecule has 17 heavy (non-hydrogen) atoms. The minimum absolute atomic E-state index is 0.166. The van der Waals surface area contributed by atoms with Crippen LogP contribution in [-0.4, -0.2) is 10.4 Å². The molecule has 3 heteroatoms. The first-order valence-electron chi connectivity index (χ1n) is 5.65. The molecule has 0 fully saturated rings. The number of rotatable bonds is 2. The molecule has 1 aromatic carbocycles. The molecule has 0 bridgehead atoms. The summed E-state index contributed by atoms with van der Waals surface area (Å²) in [4.78, 5) is 11.9. The Balaban J connectivity index is 2.35. The number of aromatic nitrogens is 1. The maximum Gasteiger partial charge on any atom is 0.157 e. The van der Waals surface area contributed by atoms with E-state index in [2.05, 4.69) is 0 Å². The van der Waals surface area contributed by atoms with Gasteiger partial charge in [0.1, 0.15) is 5.82 Å². The number of halogens is 1. The predicted octanol–water partition coefficient (Wildman–Crippen LogP) is 3.40. The number of hydrogen-bond acceptors (Lipinski definition) is 1. The van der Waals surface area contributed by atoms with Gasteiger partial charge >= 0.3 is 0 Å². The van der Waals surface area contributed by atoms with Crippen LogP contribution in [0.1, 0.15) is 20.8 Å². The van der Waals surface area contributed by atoms with Crippen molar-refractivity contribution in [2.45, 2.75) is 27.3 Å². The summed E-state index contributed by atoms with van der Waals surface area (Å²) < 4.78 is 14.9. The molecule has 0 aliphatic carbocycles. The Kier molecular flexibility index (Phi) is 2.77. The number of carbonyl (C=O) groups is 1. The molecule has 0 aliphatic rings. The van der Waals surface area contributed by atoms with Crippen molar-refractivity contribution >= 4 is 16.7 Å². The van der Waals surface area contributed by atoms with Crippen molar-refractivity contribution < 1.29 is 9.18 Å². The molecule has 0 unspecified atom stereocenters. The van der Waals surface area contributed by atoms with Gasteiger partial charge in [0.2, 0.25) is 0 Å². The van der Waals surface area contributed by atoms with E-state index in [0.717, 1.165) is 10.9 Å². The smallest absolute Gasteiger partial charge is 0.157 e. The van der Waals surface area contributed by atoms with Crippen molar-refractivity contribution in [2.75, 3.05) is 0 Å². The second-order valence-electron chi connectivity index (χ2n) is 5.32. The standard InChI is InChI=1S/C14H16FNO/c1-14(2,3)13(17)9-16-7-6-10-8-11(15)4-5-12(10)16/h4-8H,9H2,1-3H3. The lowest BCUT2D eigenvalue weighted by Gasteiger charge is -2.17. The second kappa shape index (κ2) is 3.99. The van der Waals surface area contributed by atoms with E-state index in [0.29, 0.717) is 6.54 Å². The van der Waals surface area contributed by atoms with Crippen molar-refractivity contribution in [3.8, 4) is 0 Å². The SMILES string of the molecule is CC(C)(C)C(=O)Cn1ccc2cc(F)ccc21. The average molecular weight is 233 g/mol. The second-order valence-corrected chi connectivity index (χ2v) is 5.32. The van der Waals surface area contributed by atoms with Gasteiger partial charge in [0, 0.05) is 22.5 Å². The lowest BCUT2D eigenvalue weighted by Crippen LogP contribution is -2.24. The fraction of sp³-hybridized carbons (Fsp3) is 0.357. The molecule has 1 aromatic heterocycles. The van der Waals surface area contributed by atoms with Crippen LogP contribution < -0.4 is 0 Å². The molecule has 2 nitrogen and oxygen atoms in total. The molecule has 90 valence electrons. The maximum absolute atomic E-state index is 13.0. The monoisotopic (exact) mass is 233 g/mol. The van der Waals surface area contributed by atoms with Crippen LogP contribution in [0.2, 0.25) is 0 Å². The molecule has 1 heterocycles. The Morgan fingerprint density at radius 1 is 1.29 bits per heavy atom. The van der Waals surface area contributed by atoms with Crippen LogP contribution >= 0.6 is 0 Å². The fourth-order valence-corrected chi connectivity index (χ4v) is 1.70. The van der Waals surface area contributed by atoms with E-state index >= 15 is 0 Å². The summed E-state index contributed by atoms with van der Waals surface area (Å²) in [6, 6.07) is 6.43. The third-order valence-electron chi connectivity index (χ3n) is 2.88.